The van der Waals surface area contributed by atoms with Crippen LogP contribution in [0.3, 0.4) is 0 Å². The molecule has 0 radical (unpaired) electrons. The molecule has 0 amide bonds. The molecule has 16 nitrogen and oxygen atoms in total. The topological polar surface area (TPSA) is 257 Å². The molecule has 0 unspecified atom stereocenters. The maximum Gasteiger partial charge on any atom is 0.295 e. The molecular formula is C28H23N5O11S3. The summed E-state index contributed by atoms with van der Waals surface area (Å²) in [6, 6.07) is 15.2. The van der Waals surface area contributed by atoms with E-state index in [4.69, 9.17) is 15.2 Å². The van der Waals surface area contributed by atoms with Crippen molar-refractivity contribution in [2.75, 3.05) is 20.0 Å². The van der Waals surface area contributed by atoms with Gasteiger partial charge in [-0.2, -0.15) is 30.4 Å². The number of hydrogen-bond donors (Lipinski definition) is 4. The Morgan fingerprint density at radius 1 is 0.553 bits per heavy atom. The Morgan fingerprint density at radius 3 is 1.79 bits per heavy atom. The predicted octanol–water partition coefficient (Wildman–Crippen LogP) is 6.16. The molecule has 0 aliphatic rings. The standard InChI is InChI=1S/C28H23N5O11S3/c1-43-26-14-25(27(44-2)13-22(26)29)33-32-24-8-7-23(19-6-5-17(11-21(19)24)45(34,35)36)31-30-16-4-3-15-9-18(46(37,38)39)12-28(20(15)10-16)47(40,41)42/h3-14H,29H2,1-2H3,(H,34,35,36)(H,37,38,39)(H,40,41,42). The van der Waals surface area contributed by atoms with E-state index in [1.54, 1.807) is 0 Å². The van der Waals surface area contributed by atoms with Gasteiger partial charge >= 0.3 is 0 Å². The third-order valence-corrected chi connectivity index (χ3v) is 9.33. The van der Waals surface area contributed by atoms with Crippen LogP contribution in [-0.2, 0) is 30.4 Å². The van der Waals surface area contributed by atoms with Crippen LogP contribution >= 0.6 is 0 Å². The molecule has 0 atom stereocenters. The minimum atomic E-state index is -4.94. The van der Waals surface area contributed by atoms with E-state index < -0.39 is 45.0 Å². The Hall–Kier alpha value is -5.05. The molecule has 0 bridgehead atoms. The maximum absolute atomic E-state index is 12.0. The smallest absolute Gasteiger partial charge is 0.295 e. The van der Waals surface area contributed by atoms with E-state index in [9.17, 15) is 38.9 Å². The van der Waals surface area contributed by atoms with E-state index in [-0.39, 0.29) is 44.7 Å². The van der Waals surface area contributed by atoms with Crippen LogP contribution in [0.2, 0.25) is 0 Å². The van der Waals surface area contributed by atoms with Crippen LogP contribution in [-0.4, -0.2) is 53.1 Å². The van der Waals surface area contributed by atoms with Gasteiger partial charge in [0.1, 0.15) is 22.1 Å². The van der Waals surface area contributed by atoms with Crippen molar-refractivity contribution in [3.05, 3.63) is 72.8 Å². The molecule has 0 aliphatic heterocycles. The summed E-state index contributed by atoms with van der Waals surface area (Å²) in [6.07, 6.45) is 0. The lowest BCUT2D eigenvalue weighted by molar-refractivity contribution is 0.406. The van der Waals surface area contributed by atoms with Crippen LogP contribution < -0.4 is 15.2 Å². The van der Waals surface area contributed by atoms with Crippen LogP contribution in [0.25, 0.3) is 21.5 Å². The Morgan fingerprint density at radius 2 is 1.17 bits per heavy atom. The largest absolute Gasteiger partial charge is 0.495 e. The van der Waals surface area contributed by atoms with Crippen LogP contribution in [0.15, 0.2) is 108 Å². The zero-order valence-electron chi connectivity index (χ0n) is 24.1. The van der Waals surface area contributed by atoms with Gasteiger partial charge in [-0.1, -0.05) is 12.1 Å². The van der Waals surface area contributed by atoms with Crippen molar-refractivity contribution >= 4 is 80.3 Å². The summed E-state index contributed by atoms with van der Waals surface area (Å²) in [7, 11) is -11.5. The Kier molecular flexibility index (Phi) is 8.71. The average Bonchev–Trinajstić information content (AvgIpc) is 3.00. The lowest BCUT2D eigenvalue weighted by Gasteiger charge is -2.10. The van der Waals surface area contributed by atoms with E-state index in [2.05, 4.69) is 20.5 Å². The van der Waals surface area contributed by atoms with Crippen LogP contribution in [0, 0.1) is 0 Å². The van der Waals surface area contributed by atoms with Gasteiger partial charge < -0.3 is 15.2 Å². The van der Waals surface area contributed by atoms with Gasteiger partial charge in [0.05, 0.1) is 46.8 Å². The number of azo groups is 2. The summed E-state index contributed by atoms with van der Waals surface area (Å²) < 4.78 is 111. The number of methoxy groups -OCH3 is 2. The first-order valence-corrected chi connectivity index (χ1v) is 17.2. The van der Waals surface area contributed by atoms with Gasteiger partial charge in [-0.3, -0.25) is 13.7 Å². The molecule has 0 spiro atoms. The lowest BCUT2D eigenvalue weighted by atomic mass is 10.1. The molecule has 0 saturated heterocycles. The average molecular weight is 702 g/mol. The van der Waals surface area contributed by atoms with Crippen molar-refractivity contribution in [1.29, 1.82) is 0 Å². The third-order valence-electron chi connectivity index (χ3n) is 6.76. The zero-order valence-corrected chi connectivity index (χ0v) is 26.6. The fourth-order valence-electron chi connectivity index (χ4n) is 4.54. The Bertz CT molecular complexity index is 2480. The SMILES string of the molecule is COc1cc(N=Nc2ccc(N=Nc3ccc4cc(S(=O)(=O)O)cc(S(=O)(=O)O)c4c3)c3ccc(S(=O)(=O)O)cc23)c(OC)cc1N. The lowest BCUT2D eigenvalue weighted by Crippen LogP contribution is -2.04. The molecule has 5 aromatic rings. The van der Waals surface area contributed by atoms with Crippen molar-refractivity contribution in [2.24, 2.45) is 20.5 Å². The highest BCUT2D eigenvalue weighted by Crippen LogP contribution is 2.40. The van der Waals surface area contributed by atoms with Gasteiger partial charge in [0, 0.05) is 28.3 Å². The van der Waals surface area contributed by atoms with Crippen molar-refractivity contribution in [3.63, 3.8) is 0 Å². The molecule has 0 saturated carbocycles. The number of anilines is 1. The minimum Gasteiger partial charge on any atom is -0.495 e. The molecule has 5 rings (SSSR count). The highest BCUT2D eigenvalue weighted by atomic mass is 32.2. The fraction of sp³-hybridized carbons (Fsp3) is 0.0714. The molecule has 0 aromatic heterocycles. The summed E-state index contributed by atoms with van der Waals surface area (Å²) in [4.78, 5) is -1.96. The number of hydrogen-bond acceptors (Lipinski definition) is 13. The zero-order chi connectivity index (χ0) is 34.3. The normalized spacial score (nSPS) is 12.8. The molecule has 19 heteroatoms. The number of rotatable bonds is 9. The van der Waals surface area contributed by atoms with Gasteiger partial charge in [-0.15, -0.1) is 15.3 Å². The summed E-state index contributed by atoms with van der Waals surface area (Å²) in [5.41, 5.74) is 6.92. The molecule has 0 fully saturated rings. The van der Waals surface area contributed by atoms with Crippen molar-refractivity contribution < 1.29 is 48.4 Å². The van der Waals surface area contributed by atoms with E-state index in [0.29, 0.717) is 22.9 Å². The molecule has 5 N–H and O–H groups in total. The number of ether oxygens (including phenoxy) is 2. The second kappa shape index (κ2) is 12.3. The van der Waals surface area contributed by atoms with Gasteiger partial charge in [0.25, 0.3) is 30.4 Å². The van der Waals surface area contributed by atoms with Crippen LogP contribution in [0.1, 0.15) is 0 Å². The monoisotopic (exact) mass is 701 g/mol. The first-order valence-electron chi connectivity index (χ1n) is 12.9. The highest BCUT2D eigenvalue weighted by Gasteiger charge is 2.21. The first kappa shape index (κ1) is 33.3. The summed E-state index contributed by atoms with van der Waals surface area (Å²) in [5, 5.41) is 17.3. The fourth-order valence-corrected chi connectivity index (χ4v) is 6.40. The van der Waals surface area contributed by atoms with Crippen LogP contribution in [0.4, 0.5) is 28.4 Å². The second-order valence-corrected chi connectivity index (χ2v) is 14.0. The van der Waals surface area contributed by atoms with Crippen LogP contribution in [0.5, 0.6) is 11.5 Å². The number of benzene rings is 5. The maximum atomic E-state index is 12.0. The predicted molar refractivity (Wildman–Crippen MR) is 170 cm³/mol. The van der Waals surface area contributed by atoms with Gasteiger partial charge in [-0.05, 0) is 53.9 Å². The summed E-state index contributed by atoms with van der Waals surface area (Å²) in [6.45, 7) is 0. The van der Waals surface area contributed by atoms with Gasteiger partial charge in [0.15, 0.2) is 0 Å². The van der Waals surface area contributed by atoms with E-state index in [0.717, 1.165) is 12.1 Å². The number of nitrogens with two attached hydrogens (primary N) is 1. The van der Waals surface area contributed by atoms with E-state index >= 15 is 0 Å². The van der Waals surface area contributed by atoms with E-state index in [1.807, 2.05) is 0 Å². The quantitative estimate of drug-likeness (QED) is 0.0765. The molecule has 5 aromatic carbocycles. The number of nitrogen functional groups attached to an aromatic ring is 1. The van der Waals surface area contributed by atoms with Gasteiger partial charge in [-0.25, -0.2) is 0 Å². The first-order chi connectivity index (χ1) is 22.0. The second-order valence-electron chi connectivity index (χ2n) is 9.73. The van der Waals surface area contributed by atoms with Crippen molar-refractivity contribution in [2.45, 2.75) is 14.7 Å². The third kappa shape index (κ3) is 7.04. The number of nitrogens with zero attached hydrogens (tertiary/aromatic N) is 4. The molecule has 0 heterocycles. The van der Waals surface area contributed by atoms with E-state index in [1.165, 1.54) is 68.8 Å². The molecule has 244 valence electrons. The minimum absolute atomic E-state index is 0.0555. The summed E-state index contributed by atoms with van der Waals surface area (Å²) >= 11 is 0. The Balaban J connectivity index is 1.63. The van der Waals surface area contributed by atoms with Crippen molar-refractivity contribution in [1.82, 2.24) is 0 Å². The highest BCUT2D eigenvalue weighted by molar-refractivity contribution is 7.87. The molecule has 47 heavy (non-hydrogen) atoms. The molecule has 0 aliphatic carbocycles. The van der Waals surface area contributed by atoms with Crippen molar-refractivity contribution in [3.8, 4) is 11.5 Å². The van der Waals surface area contributed by atoms with Gasteiger partial charge in [0.2, 0.25) is 0 Å². The summed E-state index contributed by atoms with van der Waals surface area (Å²) in [5.74, 6) is 0.590. The Labute approximate surface area is 267 Å². The number of fused-ring (bicyclic) bond motifs is 2. The molecular weight excluding hydrogens is 679 g/mol.